The van der Waals surface area contributed by atoms with E-state index in [0.29, 0.717) is 0 Å². The fraction of sp³-hybridized carbons (Fsp3) is 0. The Morgan fingerprint density at radius 3 is 1.60 bits per heavy atom. The van der Waals surface area contributed by atoms with Crippen molar-refractivity contribution in [2.75, 3.05) is 0 Å². The van der Waals surface area contributed by atoms with Crippen molar-refractivity contribution in [3.8, 4) is 55.9 Å². The van der Waals surface area contributed by atoms with Gasteiger partial charge in [0.25, 0.3) is 0 Å². The van der Waals surface area contributed by atoms with Crippen molar-refractivity contribution < 1.29 is 0 Å². The fourth-order valence-electron chi connectivity index (χ4n) is 9.98. The first-order valence-electron chi connectivity index (χ1n) is 20.1. The Morgan fingerprint density at radius 1 is 0.241 bits per heavy atom. The Labute approximate surface area is 335 Å². The molecule has 2 heteroatoms. The smallest absolute Gasteiger partial charge is 0.0547 e. The highest BCUT2D eigenvalue weighted by Crippen LogP contribution is 2.49. The summed E-state index contributed by atoms with van der Waals surface area (Å²) in [6.07, 6.45) is 0. The molecule has 2 nitrogen and oxygen atoms in total. The maximum Gasteiger partial charge on any atom is 0.0547 e. The summed E-state index contributed by atoms with van der Waals surface area (Å²) in [7, 11) is 0. The Kier molecular flexibility index (Phi) is 6.47. The van der Waals surface area contributed by atoms with Gasteiger partial charge in [-0.2, -0.15) is 0 Å². The van der Waals surface area contributed by atoms with Crippen molar-refractivity contribution in [3.05, 3.63) is 206 Å². The number of nitrogens with zero attached hydrogens (tertiary/aromatic N) is 2. The second kappa shape index (κ2) is 11.9. The first-order chi connectivity index (χ1) is 28.7. The lowest BCUT2D eigenvalue weighted by molar-refractivity contribution is 1.18. The standard InChI is InChI=1S/C56H34N2/c1-2-16-42(17-3-1)57-52-23-9-8-21-46(52)48-31-38(24-26-53(48)57)39-25-27-54-49(32-39)50-30-36-12-4-5-13-37(36)34-55(50)58(54)43-18-10-14-35(29-43)41-28-40-15-11-22-47-44-19-6-7-20-45(44)51(33-41)56(40)47/h1-34H. The van der Waals surface area contributed by atoms with Crippen molar-refractivity contribution in [2.24, 2.45) is 0 Å². The molecule has 58 heavy (non-hydrogen) atoms. The SMILES string of the molecule is c1ccc(-n2c3ccccc3c3cc(-c4ccc5c(c4)c4cc6ccccc6cc4n5-c4cccc(-c5cc6c7c(cccc7c5)-c5ccccc5-6)c4)ccc32)cc1. The van der Waals surface area contributed by atoms with Crippen LogP contribution in [-0.4, -0.2) is 9.13 Å². The second-order valence-electron chi connectivity index (χ2n) is 15.7. The third kappa shape index (κ3) is 4.48. The van der Waals surface area contributed by atoms with Crippen LogP contribution in [0.3, 0.4) is 0 Å². The molecule has 0 atom stereocenters. The van der Waals surface area contributed by atoms with Crippen LogP contribution in [0, 0.1) is 0 Å². The van der Waals surface area contributed by atoms with E-state index in [-0.39, 0.29) is 0 Å². The van der Waals surface area contributed by atoms with Crippen LogP contribution in [0.5, 0.6) is 0 Å². The van der Waals surface area contributed by atoms with Gasteiger partial charge >= 0.3 is 0 Å². The zero-order chi connectivity index (χ0) is 37.9. The number of hydrogen-bond donors (Lipinski definition) is 0. The molecule has 0 aliphatic heterocycles. The number of rotatable bonds is 4. The van der Waals surface area contributed by atoms with Gasteiger partial charge in [-0.1, -0.05) is 127 Å². The van der Waals surface area contributed by atoms with Crippen LogP contribution in [0.2, 0.25) is 0 Å². The highest BCUT2D eigenvalue weighted by Gasteiger charge is 2.22. The molecule has 12 aromatic rings. The van der Waals surface area contributed by atoms with E-state index in [2.05, 4.69) is 215 Å². The molecular formula is C56H34N2. The zero-order valence-corrected chi connectivity index (χ0v) is 31.5. The van der Waals surface area contributed by atoms with Crippen molar-refractivity contribution in [1.82, 2.24) is 9.13 Å². The highest BCUT2D eigenvalue weighted by atomic mass is 15.0. The molecule has 0 amide bonds. The molecule has 0 bridgehead atoms. The summed E-state index contributed by atoms with van der Waals surface area (Å²) >= 11 is 0. The second-order valence-corrected chi connectivity index (χ2v) is 15.7. The van der Waals surface area contributed by atoms with Gasteiger partial charge in [0.2, 0.25) is 0 Å². The molecule has 0 unspecified atom stereocenters. The minimum atomic E-state index is 1.15. The number of hydrogen-bond acceptors (Lipinski definition) is 0. The summed E-state index contributed by atoms with van der Waals surface area (Å²) in [4.78, 5) is 0. The van der Waals surface area contributed by atoms with Gasteiger partial charge in [0, 0.05) is 32.9 Å². The van der Waals surface area contributed by atoms with Crippen LogP contribution >= 0.6 is 0 Å². The molecule has 0 spiro atoms. The number of para-hydroxylation sites is 2. The van der Waals surface area contributed by atoms with Gasteiger partial charge in [-0.25, -0.2) is 0 Å². The molecule has 2 heterocycles. The molecule has 0 fully saturated rings. The van der Waals surface area contributed by atoms with Crippen LogP contribution in [0.4, 0.5) is 0 Å². The van der Waals surface area contributed by atoms with Gasteiger partial charge in [0.15, 0.2) is 0 Å². The molecule has 13 rings (SSSR count). The molecule has 0 saturated heterocycles. The molecular weight excluding hydrogens is 701 g/mol. The van der Waals surface area contributed by atoms with Gasteiger partial charge in [0.05, 0.1) is 22.1 Å². The van der Waals surface area contributed by atoms with Crippen LogP contribution in [0.25, 0.3) is 121 Å². The van der Waals surface area contributed by atoms with Gasteiger partial charge in [0.1, 0.15) is 0 Å². The molecule has 0 saturated carbocycles. The van der Waals surface area contributed by atoms with E-state index in [1.807, 2.05) is 0 Å². The topological polar surface area (TPSA) is 9.86 Å². The van der Waals surface area contributed by atoms with Crippen LogP contribution < -0.4 is 0 Å². The maximum atomic E-state index is 2.47. The summed E-state index contributed by atoms with van der Waals surface area (Å²) in [5.41, 5.74) is 17.3. The average Bonchev–Trinajstić information content (AvgIpc) is 3.91. The van der Waals surface area contributed by atoms with E-state index < -0.39 is 0 Å². The van der Waals surface area contributed by atoms with E-state index in [1.165, 1.54) is 115 Å². The summed E-state index contributed by atoms with van der Waals surface area (Å²) < 4.78 is 4.85. The minimum absolute atomic E-state index is 1.15. The Morgan fingerprint density at radius 2 is 0.793 bits per heavy atom. The Balaban J connectivity index is 1.00. The zero-order valence-electron chi connectivity index (χ0n) is 31.5. The summed E-state index contributed by atoms with van der Waals surface area (Å²) in [6, 6.07) is 76.3. The highest BCUT2D eigenvalue weighted by molar-refractivity contribution is 6.17. The van der Waals surface area contributed by atoms with Crippen molar-refractivity contribution in [3.63, 3.8) is 0 Å². The third-order valence-corrected chi connectivity index (χ3v) is 12.6. The van der Waals surface area contributed by atoms with Gasteiger partial charge in [-0.05, 0) is 145 Å². The number of benzene rings is 10. The average molecular weight is 735 g/mol. The Bertz CT molecular complexity index is 3670. The number of fused-ring (bicyclic) bond motifs is 10. The van der Waals surface area contributed by atoms with E-state index in [4.69, 9.17) is 0 Å². The van der Waals surface area contributed by atoms with Crippen LogP contribution in [0.1, 0.15) is 0 Å². The fourth-order valence-corrected chi connectivity index (χ4v) is 9.98. The van der Waals surface area contributed by atoms with Gasteiger partial charge in [-0.15, -0.1) is 0 Å². The summed E-state index contributed by atoms with van der Waals surface area (Å²) in [6.45, 7) is 0. The lowest BCUT2D eigenvalue weighted by Crippen LogP contribution is -1.95. The number of aromatic nitrogens is 2. The maximum absolute atomic E-state index is 2.47. The minimum Gasteiger partial charge on any atom is -0.309 e. The van der Waals surface area contributed by atoms with Gasteiger partial charge in [-0.3, -0.25) is 0 Å². The largest absolute Gasteiger partial charge is 0.309 e. The third-order valence-electron chi connectivity index (χ3n) is 12.6. The normalized spacial score (nSPS) is 12.1. The molecule has 1 aliphatic carbocycles. The molecule has 0 radical (unpaired) electrons. The first kappa shape index (κ1) is 31.5. The predicted octanol–water partition coefficient (Wildman–Crippen LogP) is 15.2. The van der Waals surface area contributed by atoms with E-state index in [1.54, 1.807) is 0 Å². The summed E-state index contributed by atoms with van der Waals surface area (Å²) in [5, 5.41) is 10.1. The monoisotopic (exact) mass is 734 g/mol. The van der Waals surface area contributed by atoms with Crippen molar-refractivity contribution >= 4 is 65.2 Å². The lowest BCUT2D eigenvalue weighted by Gasteiger charge is -2.13. The van der Waals surface area contributed by atoms with Crippen molar-refractivity contribution in [1.29, 1.82) is 0 Å². The molecule has 0 N–H and O–H groups in total. The summed E-state index contributed by atoms with van der Waals surface area (Å²) in [5.74, 6) is 0. The lowest BCUT2D eigenvalue weighted by atomic mass is 9.96. The Hall–Kier alpha value is -7.68. The first-order valence-corrected chi connectivity index (χ1v) is 20.1. The van der Waals surface area contributed by atoms with Crippen LogP contribution in [-0.2, 0) is 0 Å². The van der Waals surface area contributed by atoms with Gasteiger partial charge < -0.3 is 9.13 Å². The molecule has 1 aliphatic rings. The molecule has 268 valence electrons. The molecule has 2 aromatic heterocycles. The van der Waals surface area contributed by atoms with Crippen LogP contribution in [0.15, 0.2) is 206 Å². The van der Waals surface area contributed by atoms with E-state index in [0.717, 1.165) is 5.69 Å². The quantitative estimate of drug-likeness (QED) is 0.170. The van der Waals surface area contributed by atoms with E-state index >= 15 is 0 Å². The molecule has 10 aromatic carbocycles. The van der Waals surface area contributed by atoms with E-state index in [9.17, 15) is 0 Å². The predicted molar refractivity (Wildman–Crippen MR) is 245 cm³/mol. The van der Waals surface area contributed by atoms with Crippen molar-refractivity contribution in [2.45, 2.75) is 0 Å².